The van der Waals surface area contributed by atoms with Crippen LogP contribution in [0.25, 0.3) is 38.8 Å². The van der Waals surface area contributed by atoms with E-state index in [9.17, 15) is 0 Å². The summed E-state index contributed by atoms with van der Waals surface area (Å²) in [6.45, 7) is 30.6. The van der Waals surface area contributed by atoms with Gasteiger partial charge in [0.1, 0.15) is 24.0 Å². The Labute approximate surface area is 457 Å². The van der Waals surface area contributed by atoms with Crippen molar-refractivity contribution in [3.05, 3.63) is 239 Å². The van der Waals surface area contributed by atoms with Gasteiger partial charge in [-0.1, -0.05) is 199 Å². The van der Waals surface area contributed by atoms with Crippen molar-refractivity contribution in [3.63, 3.8) is 0 Å². The molecule has 0 aliphatic carbocycles. The summed E-state index contributed by atoms with van der Waals surface area (Å²) in [5.41, 5.74) is 17.2. The number of fused-ring (bicyclic) bond motifs is 4. The van der Waals surface area contributed by atoms with Crippen LogP contribution in [-0.2, 0) is 27.1 Å². The molecule has 8 aromatic carbocycles. The Morgan fingerprint density at radius 2 is 0.909 bits per heavy atom. The van der Waals surface area contributed by atoms with Gasteiger partial charge in [-0.25, -0.2) is 4.98 Å². The number of hydrogen-bond acceptors (Lipinski definition) is 4. The van der Waals surface area contributed by atoms with Crippen molar-refractivity contribution in [2.45, 2.75) is 117 Å². The third kappa shape index (κ3) is 9.71. The second kappa shape index (κ2) is 19.0. The number of ether oxygens (including phenoxy) is 1. The quantitative estimate of drug-likeness (QED) is 0.137. The molecule has 10 aromatic rings. The molecule has 0 fully saturated rings. The van der Waals surface area contributed by atoms with Crippen LogP contribution in [0.1, 0.15) is 129 Å². The van der Waals surface area contributed by atoms with E-state index in [1.54, 1.807) is 0 Å². The topological polar surface area (TPSA) is 33.5 Å². The van der Waals surface area contributed by atoms with E-state index in [1.807, 2.05) is 6.20 Å². The highest BCUT2D eigenvalue weighted by atomic mass is 16.5. The lowest BCUT2D eigenvalue weighted by Crippen LogP contribution is -2.27. The van der Waals surface area contributed by atoms with E-state index in [-0.39, 0.29) is 27.1 Å². The van der Waals surface area contributed by atoms with Crippen LogP contribution in [0.4, 0.5) is 22.7 Å². The van der Waals surface area contributed by atoms with E-state index < -0.39 is 0 Å². The van der Waals surface area contributed by atoms with E-state index in [0.717, 1.165) is 61.9 Å². The standard InChI is InChI=1S/C72H74N4O/c1-68(2,3)52-29-33-63-62(42-52)61-32-31-59(46-65(61)76(63)67-44-54(35-36-73-67)70(7,8)9)77-60-38-49(48-23-17-14-18-24-48)37-57(45-60)74-47-75(66-43-53(69(4,5)6)30-34-64(66)74)58-40-55(71(10,11)50-25-19-15-20-26-50)39-56(41-58)72(12,13)51-27-21-16-22-28-51/h14-46H,47H2,1-13H3. The highest BCUT2D eigenvalue weighted by Gasteiger charge is 2.35. The second-order valence-electron chi connectivity index (χ2n) is 25.5. The monoisotopic (exact) mass is 1010 g/mol. The van der Waals surface area contributed by atoms with E-state index in [2.05, 4.69) is 298 Å². The summed E-state index contributed by atoms with van der Waals surface area (Å²) in [7, 11) is 0. The number of anilines is 4. The summed E-state index contributed by atoms with van der Waals surface area (Å²) >= 11 is 0. The first-order chi connectivity index (χ1) is 36.5. The van der Waals surface area contributed by atoms with Gasteiger partial charge in [0, 0.05) is 51.3 Å². The molecule has 0 amide bonds. The van der Waals surface area contributed by atoms with Gasteiger partial charge >= 0.3 is 0 Å². The lowest BCUT2D eigenvalue weighted by Gasteiger charge is -2.33. The van der Waals surface area contributed by atoms with Crippen molar-refractivity contribution >= 4 is 44.6 Å². The maximum atomic E-state index is 7.17. The first-order valence-corrected chi connectivity index (χ1v) is 27.4. The van der Waals surface area contributed by atoms with E-state index in [0.29, 0.717) is 6.67 Å². The van der Waals surface area contributed by atoms with Gasteiger partial charge in [0.25, 0.3) is 0 Å². The fourth-order valence-corrected chi connectivity index (χ4v) is 11.2. The zero-order valence-corrected chi connectivity index (χ0v) is 47.5. The van der Waals surface area contributed by atoms with Crippen LogP contribution in [-0.4, -0.2) is 16.2 Å². The molecular weight excluding hydrogens is 937 g/mol. The number of aromatic nitrogens is 2. The average Bonchev–Trinajstić information content (AvgIpc) is 4.02. The molecule has 3 heterocycles. The first kappa shape index (κ1) is 51.2. The summed E-state index contributed by atoms with van der Waals surface area (Å²) in [5, 5.41) is 2.36. The summed E-state index contributed by atoms with van der Waals surface area (Å²) in [6.07, 6.45) is 1.95. The molecule has 2 aromatic heterocycles. The van der Waals surface area contributed by atoms with Crippen LogP contribution in [0.15, 0.2) is 200 Å². The lowest BCUT2D eigenvalue weighted by atomic mass is 9.73. The van der Waals surface area contributed by atoms with Crippen molar-refractivity contribution in [1.82, 2.24) is 9.55 Å². The minimum atomic E-state index is -0.274. The molecule has 388 valence electrons. The van der Waals surface area contributed by atoms with Gasteiger partial charge in [-0.05, 0) is 139 Å². The molecule has 1 aliphatic heterocycles. The van der Waals surface area contributed by atoms with E-state index in [1.165, 1.54) is 50.0 Å². The Balaban J connectivity index is 1.06. The molecule has 11 rings (SSSR count). The largest absolute Gasteiger partial charge is 0.457 e. The molecule has 0 saturated carbocycles. The number of nitrogens with zero attached hydrogens (tertiary/aromatic N) is 4. The van der Waals surface area contributed by atoms with Gasteiger partial charge in [-0.15, -0.1) is 0 Å². The molecule has 0 bridgehead atoms. The molecule has 0 saturated heterocycles. The molecule has 0 unspecified atom stereocenters. The summed E-state index contributed by atoms with van der Waals surface area (Å²) in [4.78, 5) is 10.0. The predicted molar refractivity (Wildman–Crippen MR) is 326 cm³/mol. The van der Waals surface area contributed by atoms with Crippen molar-refractivity contribution in [2.75, 3.05) is 16.5 Å². The number of hydrogen-bond donors (Lipinski definition) is 0. The maximum absolute atomic E-state index is 7.17. The average molecular weight is 1010 g/mol. The third-order valence-electron chi connectivity index (χ3n) is 16.4. The SMILES string of the molecule is CC(C)(C)c1ccnc(-n2c3ccc(C(C)(C)C)cc3c3ccc(Oc4cc(-c5ccccc5)cc(N5CN(c6cc(C(C)(C)c7ccccc7)cc(C(C)(C)c7ccccc7)c6)c6cc(C(C)(C)C)ccc65)c4)cc32)c1. The van der Waals surface area contributed by atoms with Crippen LogP contribution in [0.3, 0.4) is 0 Å². The minimum absolute atomic E-state index is 0.00907. The Morgan fingerprint density at radius 1 is 0.364 bits per heavy atom. The van der Waals surface area contributed by atoms with Crippen LogP contribution in [0, 0.1) is 0 Å². The zero-order valence-electron chi connectivity index (χ0n) is 47.5. The first-order valence-electron chi connectivity index (χ1n) is 27.4. The highest BCUT2D eigenvalue weighted by molar-refractivity contribution is 6.10. The lowest BCUT2D eigenvalue weighted by molar-refractivity contribution is 0.483. The highest BCUT2D eigenvalue weighted by Crippen LogP contribution is 2.50. The molecular formula is C72H74N4O. The van der Waals surface area contributed by atoms with Crippen molar-refractivity contribution in [2.24, 2.45) is 0 Å². The Bertz CT molecular complexity index is 3740. The van der Waals surface area contributed by atoms with Crippen LogP contribution in [0.2, 0.25) is 0 Å². The van der Waals surface area contributed by atoms with Crippen LogP contribution >= 0.6 is 0 Å². The smallest absolute Gasteiger partial charge is 0.137 e. The summed E-state index contributed by atoms with van der Waals surface area (Å²) in [5.74, 6) is 2.41. The fraction of sp³-hybridized carbons (Fsp3) is 0.264. The van der Waals surface area contributed by atoms with Crippen LogP contribution < -0.4 is 14.5 Å². The van der Waals surface area contributed by atoms with Gasteiger partial charge in [-0.3, -0.25) is 4.57 Å². The Hall–Kier alpha value is -7.89. The predicted octanol–water partition coefficient (Wildman–Crippen LogP) is 19.4. The molecule has 77 heavy (non-hydrogen) atoms. The fourth-order valence-electron chi connectivity index (χ4n) is 11.2. The molecule has 0 N–H and O–H groups in total. The zero-order chi connectivity index (χ0) is 54.2. The minimum Gasteiger partial charge on any atom is -0.457 e. The number of pyridine rings is 1. The number of rotatable bonds is 10. The molecule has 1 aliphatic rings. The summed E-state index contributed by atoms with van der Waals surface area (Å²) in [6, 6.07) is 71.6. The van der Waals surface area contributed by atoms with Gasteiger partial charge in [-0.2, -0.15) is 0 Å². The molecule has 0 radical (unpaired) electrons. The molecule has 0 atom stereocenters. The Morgan fingerprint density at radius 3 is 1.52 bits per heavy atom. The normalized spacial score (nSPS) is 13.4. The second-order valence-corrected chi connectivity index (χ2v) is 25.5. The van der Waals surface area contributed by atoms with Gasteiger partial charge in [0.05, 0.1) is 22.4 Å². The van der Waals surface area contributed by atoms with Crippen molar-refractivity contribution in [3.8, 4) is 28.4 Å². The maximum Gasteiger partial charge on any atom is 0.137 e. The molecule has 0 spiro atoms. The molecule has 5 heteroatoms. The molecule has 5 nitrogen and oxygen atoms in total. The van der Waals surface area contributed by atoms with Crippen LogP contribution in [0.5, 0.6) is 11.5 Å². The Kier molecular flexibility index (Phi) is 12.6. The van der Waals surface area contributed by atoms with E-state index >= 15 is 0 Å². The third-order valence-corrected chi connectivity index (χ3v) is 16.4. The van der Waals surface area contributed by atoms with Crippen molar-refractivity contribution in [1.29, 1.82) is 0 Å². The van der Waals surface area contributed by atoms with Gasteiger partial charge < -0.3 is 14.5 Å². The summed E-state index contributed by atoms with van der Waals surface area (Å²) < 4.78 is 9.49. The number of benzene rings is 8. The van der Waals surface area contributed by atoms with Gasteiger partial charge in [0.15, 0.2) is 0 Å². The van der Waals surface area contributed by atoms with Crippen molar-refractivity contribution < 1.29 is 4.74 Å². The van der Waals surface area contributed by atoms with Gasteiger partial charge in [0.2, 0.25) is 0 Å². The van der Waals surface area contributed by atoms with E-state index in [4.69, 9.17) is 9.72 Å².